The Morgan fingerprint density at radius 2 is 1.90 bits per heavy atom. The van der Waals surface area contributed by atoms with Crippen LogP contribution in [0.5, 0.6) is 17.2 Å². The van der Waals surface area contributed by atoms with Gasteiger partial charge in [0.2, 0.25) is 5.91 Å². The maximum absolute atomic E-state index is 12.6. The molecule has 1 heterocycles. The Kier molecular flexibility index (Phi) is 6.43. The molecule has 0 spiro atoms. The summed E-state index contributed by atoms with van der Waals surface area (Å²) in [5, 5.41) is 5.50. The van der Waals surface area contributed by atoms with Crippen molar-refractivity contribution >= 4 is 17.5 Å². The van der Waals surface area contributed by atoms with E-state index < -0.39 is 6.10 Å². The fourth-order valence-electron chi connectivity index (χ4n) is 3.17. The van der Waals surface area contributed by atoms with E-state index in [0.29, 0.717) is 30.3 Å². The summed E-state index contributed by atoms with van der Waals surface area (Å²) in [5.74, 6) is 1.44. The molecule has 2 aromatic carbocycles. The summed E-state index contributed by atoms with van der Waals surface area (Å²) >= 11 is 0. The Bertz CT molecular complexity index is 886. The van der Waals surface area contributed by atoms with Gasteiger partial charge in [0.25, 0.3) is 5.91 Å². The lowest BCUT2D eigenvalue weighted by Crippen LogP contribution is -2.50. The number of hydrogen-bond donors (Lipinski definition) is 2. The fourth-order valence-corrected chi connectivity index (χ4v) is 3.17. The van der Waals surface area contributed by atoms with Crippen LogP contribution >= 0.6 is 0 Å². The molecule has 2 N–H and O–H groups in total. The Morgan fingerprint density at radius 3 is 2.62 bits per heavy atom. The van der Waals surface area contributed by atoms with Crippen LogP contribution < -0.4 is 29.7 Å². The molecule has 1 aliphatic heterocycles. The second-order valence-corrected chi connectivity index (χ2v) is 6.54. The topological polar surface area (TPSA) is 89.1 Å². The van der Waals surface area contributed by atoms with E-state index in [4.69, 9.17) is 14.2 Å². The first-order valence-electron chi connectivity index (χ1n) is 9.25. The molecule has 0 radical (unpaired) electrons. The minimum atomic E-state index is -0.673. The number of nitrogens with zero attached hydrogens (tertiary/aromatic N) is 1. The van der Waals surface area contributed by atoms with E-state index in [9.17, 15) is 9.59 Å². The van der Waals surface area contributed by atoms with E-state index in [1.807, 2.05) is 35.2 Å². The van der Waals surface area contributed by atoms with Crippen molar-refractivity contribution in [3.8, 4) is 17.2 Å². The summed E-state index contributed by atoms with van der Waals surface area (Å²) in [7, 11) is 4.71. The van der Waals surface area contributed by atoms with Crippen LogP contribution in [0.4, 0.5) is 5.69 Å². The van der Waals surface area contributed by atoms with Crippen LogP contribution in [-0.2, 0) is 16.1 Å². The number of fused-ring (bicyclic) bond motifs is 1. The van der Waals surface area contributed by atoms with Crippen LogP contribution in [-0.4, -0.2) is 52.3 Å². The van der Waals surface area contributed by atoms with E-state index >= 15 is 0 Å². The number of ether oxygens (including phenoxy) is 3. The van der Waals surface area contributed by atoms with Crippen LogP contribution in [0.2, 0.25) is 0 Å². The number of para-hydroxylation sites is 2. The van der Waals surface area contributed by atoms with Gasteiger partial charge in [0, 0.05) is 13.6 Å². The molecule has 0 saturated heterocycles. The molecule has 0 fully saturated rings. The third-order valence-electron chi connectivity index (χ3n) is 4.67. The van der Waals surface area contributed by atoms with Crippen LogP contribution in [0.1, 0.15) is 5.56 Å². The lowest BCUT2D eigenvalue weighted by molar-refractivity contribution is -0.127. The monoisotopic (exact) mass is 399 g/mol. The molecule has 0 saturated carbocycles. The summed E-state index contributed by atoms with van der Waals surface area (Å²) < 4.78 is 16.3. The van der Waals surface area contributed by atoms with Gasteiger partial charge < -0.3 is 29.7 Å². The smallest absolute Gasteiger partial charge is 0.262 e. The number of likely N-dealkylation sites (N-methyl/N-ethyl adjacent to an activating group) is 1. The molecule has 0 aromatic heterocycles. The molecule has 1 aliphatic rings. The van der Waals surface area contributed by atoms with Gasteiger partial charge in [-0.05, 0) is 29.8 Å². The highest BCUT2D eigenvalue weighted by molar-refractivity contribution is 5.86. The van der Waals surface area contributed by atoms with E-state index in [0.717, 1.165) is 11.3 Å². The molecule has 3 rings (SSSR count). The van der Waals surface area contributed by atoms with Crippen molar-refractivity contribution in [2.45, 2.75) is 12.6 Å². The molecule has 8 heteroatoms. The van der Waals surface area contributed by atoms with Crippen molar-refractivity contribution in [2.24, 2.45) is 0 Å². The molecular formula is C21H25N3O5. The predicted octanol–water partition coefficient (Wildman–Crippen LogP) is 1.33. The third kappa shape index (κ3) is 4.71. The van der Waals surface area contributed by atoms with Gasteiger partial charge in [-0.1, -0.05) is 18.2 Å². The highest BCUT2D eigenvalue weighted by Gasteiger charge is 2.30. The zero-order valence-corrected chi connectivity index (χ0v) is 16.7. The molecule has 1 unspecified atom stereocenters. The Hall–Kier alpha value is -3.42. The van der Waals surface area contributed by atoms with E-state index in [-0.39, 0.29) is 18.4 Å². The van der Waals surface area contributed by atoms with Gasteiger partial charge in [-0.3, -0.25) is 9.59 Å². The summed E-state index contributed by atoms with van der Waals surface area (Å²) in [6, 6.07) is 12.9. The van der Waals surface area contributed by atoms with Crippen LogP contribution in [0.25, 0.3) is 0 Å². The van der Waals surface area contributed by atoms with Gasteiger partial charge in [0.15, 0.2) is 17.6 Å². The SMILES string of the molecule is CNC(=O)C1CN(CC(=O)NCc2ccc(OC)c(OC)c2)c2ccccc2O1. The number of benzene rings is 2. The lowest BCUT2D eigenvalue weighted by Gasteiger charge is -2.35. The number of nitrogens with one attached hydrogen (secondary N) is 2. The fraction of sp³-hybridized carbons (Fsp3) is 0.333. The van der Waals surface area contributed by atoms with E-state index in [1.165, 1.54) is 0 Å². The van der Waals surface area contributed by atoms with Gasteiger partial charge in [-0.25, -0.2) is 0 Å². The third-order valence-corrected chi connectivity index (χ3v) is 4.67. The molecule has 0 bridgehead atoms. The number of anilines is 1. The summed E-state index contributed by atoms with van der Waals surface area (Å²) in [4.78, 5) is 26.5. The first kappa shape index (κ1) is 20.3. The standard InChI is InChI=1S/C21H25N3O5/c1-22-21(26)19-12-24(15-6-4-5-7-16(15)29-19)13-20(25)23-11-14-8-9-17(27-2)18(10-14)28-3/h4-10,19H,11-13H2,1-3H3,(H,22,26)(H,23,25). The average Bonchev–Trinajstić information content (AvgIpc) is 2.76. The largest absolute Gasteiger partial charge is 0.493 e. The van der Waals surface area contributed by atoms with Crippen LogP contribution in [0.15, 0.2) is 42.5 Å². The molecule has 2 amide bonds. The highest BCUT2D eigenvalue weighted by Crippen LogP contribution is 2.33. The second-order valence-electron chi connectivity index (χ2n) is 6.54. The van der Waals surface area contributed by atoms with Crippen molar-refractivity contribution in [1.29, 1.82) is 0 Å². The van der Waals surface area contributed by atoms with Crippen LogP contribution in [0.3, 0.4) is 0 Å². The summed E-state index contributed by atoms with van der Waals surface area (Å²) in [6.45, 7) is 0.756. The zero-order chi connectivity index (χ0) is 20.8. The van der Waals surface area contributed by atoms with Gasteiger partial charge in [0.1, 0.15) is 5.75 Å². The van der Waals surface area contributed by atoms with E-state index in [2.05, 4.69) is 10.6 Å². The average molecular weight is 399 g/mol. The minimum Gasteiger partial charge on any atom is -0.493 e. The first-order valence-corrected chi connectivity index (χ1v) is 9.25. The first-order chi connectivity index (χ1) is 14.0. The van der Waals surface area contributed by atoms with Crippen molar-refractivity contribution in [3.63, 3.8) is 0 Å². The number of amides is 2. The quantitative estimate of drug-likeness (QED) is 0.730. The molecule has 2 aromatic rings. The number of rotatable bonds is 7. The Balaban J connectivity index is 1.66. The number of methoxy groups -OCH3 is 2. The molecule has 8 nitrogen and oxygen atoms in total. The maximum atomic E-state index is 12.6. The maximum Gasteiger partial charge on any atom is 0.262 e. The second kappa shape index (κ2) is 9.18. The lowest BCUT2D eigenvalue weighted by atomic mass is 10.1. The predicted molar refractivity (Wildman–Crippen MR) is 109 cm³/mol. The number of carbonyl (C=O) groups is 2. The van der Waals surface area contributed by atoms with Crippen LogP contribution in [0, 0.1) is 0 Å². The summed E-state index contributed by atoms with van der Waals surface area (Å²) in [5.41, 5.74) is 1.68. The summed E-state index contributed by atoms with van der Waals surface area (Å²) in [6.07, 6.45) is -0.673. The van der Waals surface area contributed by atoms with Crippen molar-refractivity contribution in [2.75, 3.05) is 39.3 Å². The molecular weight excluding hydrogens is 374 g/mol. The number of hydrogen-bond acceptors (Lipinski definition) is 6. The van der Waals surface area contributed by atoms with Crippen molar-refractivity contribution in [1.82, 2.24) is 10.6 Å². The Labute approximate surface area is 169 Å². The van der Waals surface area contributed by atoms with Crippen molar-refractivity contribution in [3.05, 3.63) is 48.0 Å². The van der Waals surface area contributed by atoms with Gasteiger partial charge >= 0.3 is 0 Å². The molecule has 154 valence electrons. The minimum absolute atomic E-state index is 0.112. The Morgan fingerprint density at radius 1 is 1.14 bits per heavy atom. The van der Waals surface area contributed by atoms with Gasteiger partial charge in [0.05, 0.1) is 33.0 Å². The molecule has 0 aliphatic carbocycles. The van der Waals surface area contributed by atoms with E-state index in [1.54, 1.807) is 33.4 Å². The van der Waals surface area contributed by atoms with Crippen molar-refractivity contribution < 1.29 is 23.8 Å². The normalized spacial score (nSPS) is 15.0. The molecule has 29 heavy (non-hydrogen) atoms. The number of carbonyl (C=O) groups excluding carboxylic acids is 2. The van der Waals surface area contributed by atoms with Gasteiger partial charge in [-0.2, -0.15) is 0 Å². The molecule has 1 atom stereocenters. The zero-order valence-electron chi connectivity index (χ0n) is 16.7. The highest BCUT2D eigenvalue weighted by atomic mass is 16.5. The van der Waals surface area contributed by atoms with Gasteiger partial charge in [-0.15, -0.1) is 0 Å².